The van der Waals surface area contributed by atoms with Crippen molar-refractivity contribution in [2.75, 3.05) is 14.1 Å². The Hall–Kier alpha value is -2.37. The molecule has 0 bridgehead atoms. The number of benzene rings is 1. The second kappa shape index (κ2) is 4.48. The number of likely N-dealkylation sites (N-methyl/N-ethyl adjacent to an activating group) is 1. The maximum atomic E-state index is 11.6. The zero-order valence-corrected chi connectivity index (χ0v) is 10.1. The second-order valence-electron chi connectivity index (χ2n) is 4.17. The Morgan fingerprint density at radius 2 is 2.11 bits per heavy atom. The molecule has 0 aliphatic rings. The lowest BCUT2D eigenvalue weighted by atomic mass is 10.2. The molecule has 6 nitrogen and oxygen atoms in total. The molecule has 94 valence electrons. The summed E-state index contributed by atoms with van der Waals surface area (Å²) < 4.78 is 1.64. The molecule has 1 aromatic heterocycles. The molecule has 0 saturated carbocycles. The van der Waals surface area contributed by atoms with Gasteiger partial charge in [0.05, 0.1) is 22.9 Å². The molecule has 2 rings (SSSR count). The van der Waals surface area contributed by atoms with Crippen molar-refractivity contribution < 1.29 is 14.7 Å². The van der Waals surface area contributed by atoms with Crippen LogP contribution in [0.15, 0.2) is 24.5 Å². The van der Waals surface area contributed by atoms with Crippen LogP contribution < -0.4 is 0 Å². The van der Waals surface area contributed by atoms with E-state index in [2.05, 4.69) is 4.98 Å². The van der Waals surface area contributed by atoms with Gasteiger partial charge >= 0.3 is 5.97 Å². The van der Waals surface area contributed by atoms with Gasteiger partial charge in [-0.05, 0) is 18.2 Å². The summed E-state index contributed by atoms with van der Waals surface area (Å²) in [6.07, 6.45) is 1.54. The van der Waals surface area contributed by atoms with Crippen LogP contribution in [-0.2, 0) is 11.3 Å². The number of hydrogen-bond donors (Lipinski definition) is 1. The average molecular weight is 247 g/mol. The summed E-state index contributed by atoms with van der Waals surface area (Å²) in [7, 11) is 3.34. The zero-order valence-electron chi connectivity index (χ0n) is 10.1. The van der Waals surface area contributed by atoms with Crippen LogP contribution in [0.25, 0.3) is 11.0 Å². The minimum atomic E-state index is -0.997. The quantitative estimate of drug-likeness (QED) is 0.871. The monoisotopic (exact) mass is 247 g/mol. The van der Waals surface area contributed by atoms with E-state index >= 15 is 0 Å². The number of rotatable bonds is 3. The largest absolute Gasteiger partial charge is 0.478 e. The summed E-state index contributed by atoms with van der Waals surface area (Å²) >= 11 is 0. The van der Waals surface area contributed by atoms with Crippen molar-refractivity contribution >= 4 is 22.9 Å². The highest BCUT2D eigenvalue weighted by atomic mass is 16.4. The number of imidazole rings is 1. The van der Waals surface area contributed by atoms with Crippen molar-refractivity contribution in [1.82, 2.24) is 14.5 Å². The Kier molecular flexibility index (Phi) is 3.01. The minimum Gasteiger partial charge on any atom is -0.478 e. The van der Waals surface area contributed by atoms with E-state index in [1.165, 1.54) is 23.4 Å². The van der Waals surface area contributed by atoms with Crippen LogP contribution in [0.2, 0.25) is 0 Å². The molecule has 0 unspecified atom stereocenters. The first-order valence-corrected chi connectivity index (χ1v) is 5.37. The first kappa shape index (κ1) is 12.1. The molecule has 1 heterocycles. The molecule has 1 aromatic carbocycles. The minimum absolute atomic E-state index is 0.0740. The topological polar surface area (TPSA) is 75.4 Å². The van der Waals surface area contributed by atoms with Crippen molar-refractivity contribution in [2.45, 2.75) is 6.54 Å². The molecule has 0 aliphatic heterocycles. The van der Waals surface area contributed by atoms with E-state index in [-0.39, 0.29) is 18.0 Å². The summed E-state index contributed by atoms with van der Waals surface area (Å²) in [5.41, 5.74) is 1.50. The lowest BCUT2D eigenvalue weighted by Crippen LogP contribution is -2.25. The lowest BCUT2D eigenvalue weighted by molar-refractivity contribution is -0.129. The van der Waals surface area contributed by atoms with Crippen LogP contribution >= 0.6 is 0 Å². The Morgan fingerprint density at radius 1 is 1.39 bits per heavy atom. The molecule has 6 heteroatoms. The number of fused-ring (bicyclic) bond motifs is 1. The van der Waals surface area contributed by atoms with Gasteiger partial charge in [0, 0.05) is 14.1 Å². The van der Waals surface area contributed by atoms with E-state index in [0.717, 1.165) is 0 Å². The smallest absolute Gasteiger partial charge is 0.335 e. The van der Waals surface area contributed by atoms with Crippen LogP contribution in [0, 0.1) is 0 Å². The van der Waals surface area contributed by atoms with Crippen molar-refractivity contribution in [2.24, 2.45) is 0 Å². The molecule has 0 aliphatic carbocycles. The Bertz CT molecular complexity index is 616. The van der Waals surface area contributed by atoms with Gasteiger partial charge in [-0.3, -0.25) is 4.79 Å². The molecule has 18 heavy (non-hydrogen) atoms. The van der Waals surface area contributed by atoms with Gasteiger partial charge in [0.1, 0.15) is 6.54 Å². The molecule has 0 saturated heterocycles. The fourth-order valence-corrected chi connectivity index (χ4v) is 1.60. The molecule has 0 spiro atoms. The number of carbonyl (C=O) groups excluding carboxylic acids is 1. The van der Waals surface area contributed by atoms with Crippen LogP contribution in [0.5, 0.6) is 0 Å². The number of nitrogens with zero attached hydrogens (tertiary/aromatic N) is 3. The highest BCUT2D eigenvalue weighted by molar-refractivity contribution is 5.92. The Balaban J connectivity index is 2.42. The van der Waals surface area contributed by atoms with E-state index < -0.39 is 5.97 Å². The highest BCUT2D eigenvalue weighted by Gasteiger charge is 2.11. The van der Waals surface area contributed by atoms with E-state index in [9.17, 15) is 9.59 Å². The molecule has 0 fully saturated rings. The normalized spacial score (nSPS) is 10.6. The SMILES string of the molecule is CN(C)C(=O)Cn1cnc2ccc(C(=O)O)cc21. The average Bonchev–Trinajstić information content (AvgIpc) is 2.71. The first-order valence-electron chi connectivity index (χ1n) is 5.37. The number of carbonyl (C=O) groups is 2. The van der Waals surface area contributed by atoms with E-state index in [4.69, 9.17) is 5.11 Å². The summed E-state index contributed by atoms with van der Waals surface area (Å²) in [5, 5.41) is 8.94. The molecule has 2 aromatic rings. The first-order chi connectivity index (χ1) is 8.49. The third-order valence-electron chi connectivity index (χ3n) is 2.67. The number of carboxylic acid groups (broad SMARTS) is 1. The number of hydrogen-bond acceptors (Lipinski definition) is 3. The van der Waals surface area contributed by atoms with Gasteiger partial charge in [-0.1, -0.05) is 0 Å². The number of aromatic nitrogens is 2. The fraction of sp³-hybridized carbons (Fsp3) is 0.250. The van der Waals surface area contributed by atoms with Gasteiger partial charge in [-0.2, -0.15) is 0 Å². The molecule has 1 N–H and O–H groups in total. The van der Waals surface area contributed by atoms with Crippen molar-refractivity contribution in [3.63, 3.8) is 0 Å². The zero-order chi connectivity index (χ0) is 13.3. The number of carboxylic acids is 1. The van der Waals surface area contributed by atoms with Crippen molar-refractivity contribution in [1.29, 1.82) is 0 Å². The van der Waals surface area contributed by atoms with E-state index in [0.29, 0.717) is 11.0 Å². The molecule has 1 amide bonds. The fourth-order valence-electron chi connectivity index (χ4n) is 1.60. The van der Waals surface area contributed by atoms with Gasteiger partial charge in [-0.25, -0.2) is 9.78 Å². The third-order valence-corrected chi connectivity index (χ3v) is 2.67. The summed E-state index contributed by atoms with van der Waals surface area (Å²) in [6.45, 7) is 0.145. The molecule has 0 atom stereocenters. The third kappa shape index (κ3) is 2.17. The van der Waals surface area contributed by atoms with E-state index in [1.807, 2.05) is 0 Å². The van der Waals surface area contributed by atoms with Crippen molar-refractivity contribution in [3.8, 4) is 0 Å². The van der Waals surface area contributed by atoms with Crippen LogP contribution in [0.1, 0.15) is 10.4 Å². The molecular weight excluding hydrogens is 234 g/mol. The summed E-state index contributed by atoms with van der Waals surface area (Å²) in [4.78, 5) is 28.1. The Morgan fingerprint density at radius 3 is 2.72 bits per heavy atom. The molecular formula is C12H13N3O3. The maximum Gasteiger partial charge on any atom is 0.335 e. The van der Waals surface area contributed by atoms with Crippen LogP contribution in [-0.4, -0.2) is 45.5 Å². The highest BCUT2D eigenvalue weighted by Crippen LogP contribution is 2.15. The lowest BCUT2D eigenvalue weighted by Gasteiger charge is -2.11. The van der Waals surface area contributed by atoms with Gasteiger partial charge in [0.25, 0.3) is 0 Å². The summed E-state index contributed by atoms with van der Waals surface area (Å²) in [6, 6.07) is 4.65. The van der Waals surface area contributed by atoms with E-state index in [1.54, 1.807) is 24.7 Å². The number of aromatic carboxylic acids is 1. The predicted molar refractivity (Wildman–Crippen MR) is 65.4 cm³/mol. The second-order valence-corrected chi connectivity index (χ2v) is 4.17. The summed E-state index contributed by atoms with van der Waals surface area (Å²) in [5.74, 6) is -1.07. The predicted octanol–water partition coefficient (Wildman–Crippen LogP) is 0.823. The van der Waals surface area contributed by atoms with Gasteiger partial charge in [0.15, 0.2) is 0 Å². The molecule has 0 radical (unpaired) electrons. The van der Waals surface area contributed by atoms with Gasteiger partial charge in [-0.15, -0.1) is 0 Å². The van der Waals surface area contributed by atoms with Crippen LogP contribution in [0.3, 0.4) is 0 Å². The van der Waals surface area contributed by atoms with Gasteiger partial charge < -0.3 is 14.6 Å². The van der Waals surface area contributed by atoms with Gasteiger partial charge in [0.2, 0.25) is 5.91 Å². The van der Waals surface area contributed by atoms with Crippen LogP contribution in [0.4, 0.5) is 0 Å². The standard InChI is InChI=1S/C12H13N3O3/c1-14(2)11(16)6-15-7-13-9-4-3-8(12(17)18)5-10(9)15/h3-5,7H,6H2,1-2H3,(H,17,18). The number of amides is 1. The maximum absolute atomic E-state index is 11.6. The Labute approximate surface area is 103 Å². The van der Waals surface area contributed by atoms with Crippen molar-refractivity contribution in [3.05, 3.63) is 30.1 Å².